The molecule has 0 saturated carbocycles. The molecule has 0 bridgehead atoms. The zero-order valence-electron chi connectivity index (χ0n) is 36.8. The number of fused-ring (bicyclic) bond motifs is 9. The SMILES string of the molecule is C1=CC2C(C=C1c1ccc3c(c1)-c1ccccc1C3)c1ccccc1N2c1ccccc1.C=C(C)C.C=C(C)c1ccccc1.CC.Cc1cccc2c1-c1ccccc1C2. The minimum Gasteiger partial charge on any atom is -0.333 e. The van der Waals surface area contributed by atoms with Gasteiger partial charge in [0.2, 0.25) is 0 Å². The van der Waals surface area contributed by atoms with Gasteiger partial charge < -0.3 is 4.90 Å². The lowest BCUT2D eigenvalue weighted by atomic mass is 9.85. The van der Waals surface area contributed by atoms with Gasteiger partial charge in [-0.1, -0.05) is 195 Å². The Morgan fingerprint density at radius 2 is 1.11 bits per heavy atom. The van der Waals surface area contributed by atoms with Crippen molar-refractivity contribution in [2.24, 2.45) is 0 Å². The predicted octanol–water partition coefficient (Wildman–Crippen LogP) is 16.4. The van der Waals surface area contributed by atoms with Crippen molar-refractivity contribution in [1.29, 1.82) is 0 Å². The highest BCUT2D eigenvalue weighted by Gasteiger charge is 2.38. The van der Waals surface area contributed by atoms with E-state index < -0.39 is 0 Å². The van der Waals surface area contributed by atoms with Crippen LogP contribution < -0.4 is 4.90 Å². The maximum Gasteiger partial charge on any atom is 0.0630 e. The maximum atomic E-state index is 3.83. The molecule has 0 amide bonds. The Kier molecular flexibility index (Phi) is 13.6. The van der Waals surface area contributed by atoms with E-state index in [2.05, 4.69) is 195 Å². The summed E-state index contributed by atoms with van der Waals surface area (Å²) in [5.74, 6) is 0.354. The molecule has 3 aliphatic carbocycles. The number of para-hydroxylation sites is 2. The summed E-state index contributed by atoms with van der Waals surface area (Å²) in [7, 11) is 0. The van der Waals surface area contributed by atoms with Gasteiger partial charge in [-0.15, -0.1) is 6.58 Å². The molecule has 1 heterocycles. The Morgan fingerprint density at radius 1 is 0.557 bits per heavy atom. The molecule has 0 saturated heterocycles. The predicted molar refractivity (Wildman–Crippen MR) is 266 cm³/mol. The van der Waals surface area contributed by atoms with Crippen molar-refractivity contribution in [2.75, 3.05) is 4.90 Å². The molecule has 0 N–H and O–H groups in total. The third kappa shape index (κ3) is 9.38. The van der Waals surface area contributed by atoms with Gasteiger partial charge in [-0.05, 0) is 137 Å². The van der Waals surface area contributed by atoms with Crippen LogP contribution in [0.1, 0.15) is 85.0 Å². The fourth-order valence-corrected chi connectivity index (χ4v) is 8.84. The lowest BCUT2D eigenvalue weighted by Gasteiger charge is -2.29. The largest absolute Gasteiger partial charge is 0.333 e. The van der Waals surface area contributed by atoms with Gasteiger partial charge in [0, 0.05) is 17.3 Å². The van der Waals surface area contributed by atoms with Crippen molar-refractivity contribution in [3.63, 3.8) is 0 Å². The van der Waals surface area contributed by atoms with Gasteiger partial charge in [0.05, 0.1) is 6.04 Å². The smallest absolute Gasteiger partial charge is 0.0630 e. The van der Waals surface area contributed by atoms with Crippen molar-refractivity contribution in [2.45, 2.75) is 66.3 Å². The molecular weight excluding hydrogens is 735 g/mol. The van der Waals surface area contributed by atoms with E-state index in [1.165, 1.54) is 89.3 Å². The van der Waals surface area contributed by atoms with Gasteiger partial charge in [0.25, 0.3) is 0 Å². The van der Waals surface area contributed by atoms with Crippen molar-refractivity contribution in [3.8, 4) is 22.3 Å². The van der Waals surface area contributed by atoms with Gasteiger partial charge in [-0.2, -0.15) is 0 Å². The molecule has 2 unspecified atom stereocenters. The van der Waals surface area contributed by atoms with Crippen molar-refractivity contribution in [3.05, 3.63) is 251 Å². The van der Waals surface area contributed by atoms with E-state index in [-0.39, 0.29) is 0 Å². The molecule has 1 nitrogen and oxygen atoms in total. The maximum absolute atomic E-state index is 3.83. The van der Waals surface area contributed by atoms with E-state index in [4.69, 9.17) is 0 Å². The number of aryl methyl sites for hydroxylation is 1. The Balaban J connectivity index is 0.000000159. The molecule has 0 spiro atoms. The van der Waals surface area contributed by atoms with Crippen LogP contribution in [0.3, 0.4) is 0 Å². The van der Waals surface area contributed by atoms with Crippen LogP contribution in [0.4, 0.5) is 11.4 Å². The molecule has 1 aliphatic heterocycles. The second-order valence-corrected chi connectivity index (χ2v) is 16.3. The van der Waals surface area contributed by atoms with Crippen LogP contribution in [0, 0.1) is 6.92 Å². The van der Waals surface area contributed by atoms with Crippen LogP contribution in [0.15, 0.2) is 207 Å². The van der Waals surface area contributed by atoms with Gasteiger partial charge in [-0.3, -0.25) is 0 Å². The minimum absolute atomic E-state index is 0.314. The number of rotatable bonds is 3. The summed E-state index contributed by atoms with van der Waals surface area (Å²) in [6.07, 6.45) is 9.35. The average molecular weight is 794 g/mol. The number of anilines is 2. The van der Waals surface area contributed by atoms with Gasteiger partial charge >= 0.3 is 0 Å². The van der Waals surface area contributed by atoms with Crippen molar-refractivity contribution < 1.29 is 0 Å². The average Bonchev–Trinajstić information content (AvgIpc) is 3.98. The van der Waals surface area contributed by atoms with E-state index in [1.54, 1.807) is 0 Å². The summed E-state index contributed by atoms with van der Waals surface area (Å²) < 4.78 is 0. The minimum atomic E-state index is 0.314. The summed E-state index contributed by atoms with van der Waals surface area (Å²) in [5.41, 5.74) is 23.0. The first kappa shape index (κ1) is 42.4. The fourth-order valence-electron chi connectivity index (χ4n) is 8.84. The summed E-state index contributed by atoms with van der Waals surface area (Å²) in [5, 5.41) is 0. The second kappa shape index (κ2) is 19.6. The van der Waals surface area contributed by atoms with Crippen LogP contribution in [0.5, 0.6) is 0 Å². The van der Waals surface area contributed by atoms with Crippen LogP contribution in [0.2, 0.25) is 0 Å². The first-order chi connectivity index (χ1) is 29.8. The molecule has 7 aromatic rings. The molecule has 304 valence electrons. The Labute approximate surface area is 365 Å². The highest BCUT2D eigenvalue weighted by atomic mass is 15.2. The topological polar surface area (TPSA) is 3.24 Å². The zero-order chi connectivity index (χ0) is 42.9. The first-order valence-corrected chi connectivity index (χ1v) is 21.8. The van der Waals surface area contributed by atoms with E-state index >= 15 is 0 Å². The molecule has 61 heavy (non-hydrogen) atoms. The fraction of sp³-hybridized carbons (Fsp3) is 0.167. The normalized spacial score (nSPS) is 15.0. The van der Waals surface area contributed by atoms with E-state index in [0.717, 1.165) is 18.4 Å². The lowest BCUT2D eigenvalue weighted by molar-refractivity contribution is 0.747. The van der Waals surface area contributed by atoms with Crippen LogP contribution >= 0.6 is 0 Å². The van der Waals surface area contributed by atoms with Crippen molar-refractivity contribution in [1.82, 2.24) is 0 Å². The number of hydrogen-bond acceptors (Lipinski definition) is 1. The summed E-state index contributed by atoms with van der Waals surface area (Å²) in [6, 6.07) is 61.2. The molecule has 4 aliphatic rings. The van der Waals surface area contributed by atoms with Crippen LogP contribution in [-0.2, 0) is 12.8 Å². The Bertz CT molecular complexity index is 2690. The summed E-state index contributed by atoms with van der Waals surface area (Å²) >= 11 is 0. The highest BCUT2D eigenvalue weighted by molar-refractivity contribution is 5.86. The third-order valence-electron chi connectivity index (χ3n) is 11.5. The van der Waals surface area contributed by atoms with Crippen LogP contribution in [-0.4, -0.2) is 6.04 Å². The first-order valence-electron chi connectivity index (χ1n) is 21.8. The number of nitrogens with zero attached hydrogens (tertiary/aromatic N) is 1. The molecule has 0 radical (unpaired) electrons. The van der Waals surface area contributed by atoms with Gasteiger partial charge in [0.15, 0.2) is 0 Å². The summed E-state index contributed by atoms with van der Waals surface area (Å²) in [6.45, 7) is 19.5. The summed E-state index contributed by atoms with van der Waals surface area (Å²) in [4.78, 5) is 2.49. The zero-order valence-corrected chi connectivity index (χ0v) is 36.8. The van der Waals surface area contributed by atoms with Gasteiger partial charge in [0.1, 0.15) is 0 Å². The van der Waals surface area contributed by atoms with E-state index in [9.17, 15) is 0 Å². The number of allylic oxidation sites excluding steroid dienone is 4. The monoisotopic (exact) mass is 793 g/mol. The quantitative estimate of drug-likeness (QED) is 0.161. The standard InChI is InChI=1S/C31H23N.C14H12.C9H10.C4H8.C2H6/c1-2-9-25(10-3-1)32-30-13-7-6-12-27(30)29-20-22(16-17-31(29)32)21-14-15-24-18-23-8-4-5-11-26(23)28(24)19-21;1-10-5-4-7-12-9-11-6-2-3-8-13(11)14(10)12;1-8(2)9-6-4-3-5-7-9;1-4(2)3;1-2/h1-17,19-20,29,31H,18H2;2-8H,9H2,1H3;3-7H,1H2,2H3;1H2,2-3H3;1-2H3. The molecular formula is C60H59N. The Hall–Kier alpha value is -6.70. The van der Waals surface area contributed by atoms with E-state index in [1.807, 2.05) is 52.8 Å². The Morgan fingerprint density at radius 3 is 1.80 bits per heavy atom. The lowest BCUT2D eigenvalue weighted by Crippen LogP contribution is -2.28. The third-order valence-corrected chi connectivity index (χ3v) is 11.5. The number of benzene rings is 7. The molecule has 0 aromatic heterocycles. The van der Waals surface area contributed by atoms with Crippen molar-refractivity contribution >= 4 is 22.5 Å². The molecule has 0 fully saturated rings. The second-order valence-electron chi connectivity index (χ2n) is 16.3. The molecule has 2 atom stereocenters. The molecule has 7 aromatic carbocycles. The van der Waals surface area contributed by atoms with E-state index in [0.29, 0.717) is 12.0 Å². The van der Waals surface area contributed by atoms with Crippen LogP contribution in [0.25, 0.3) is 33.4 Å². The van der Waals surface area contributed by atoms with Gasteiger partial charge in [-0.25, -0.2) is 0 Å². The number of hydrogen-bond donors (Lipinski definition) is 0. The molecule has 11 rings (SSSR count). The highest BCUT2D eigenvalue weighted by Crippen LogP contribution is 2.49. The molecule has 1 heteroatoms.